The van der Waals surface area contributed by atoms with Crippen LogP contribution in [-0.4, -0.2) is 28.6 Å². The monoisotopic (exact) mass is 341 g/mol. The minimum Gasteiger partial charge on any atom is -0.440 e. The number of aromatic nitrogens is 2. The lowest BCUT2D eigenvalue weighted by atomic mass is 10.0. The third-order valence-electron chi connectivity index (χ3n) is 3.35. The van der Waals surface area contributed by atoms with Gasteiger partial charge in [-0.3, -0.25) is 19.6 Å². The molecule has 3 rings (SSSR count). The fraction of sp³-hybridized carbons (Fsp3) is 0.214. The fourth-order valence-corrected chi connectivity index (χ4v) is 2.28. The number of carbonyl (C=O) groups excluding carboxylic acids is 1. The lowest BCUT2D eigenvalue weighted by Crippen LogP contribution is -2.33. The van der Waals surface area contributed by atoms with Crippen molar-refractivity contribution in [2.45, 2.75) is 12.6 Å². The summed E-state index contributed by atoms with van der Waals surface area (Å²) in [6.45, 7) is -1.44. The number of halogens is 3. The van der Waals surface area contributed by atoms with Crippen molar-refractivity contribution in [3.05, 3.63) is 55.7 Å². The van der Waals surface area contributed by atoms with E-state index >= 15 is 0 Å². The maximum Gasteiger partial charge on any atom is 0.405 e. The largest absolute Gasteiger partial charge is 0.440 e. The van der Waals surface area contributed by atoms with Gasteiger partial charge >= 0.3 is 11.9 Å². The molecule has 0 saturated heterocycles. The molecule has 0 aliphatic carbocycles. The summed E-state index contributed by atoms with van der Waals surface area (Å²) in [5.74, 6) is -0.585. The summed E-state index contributed by atoms with van der Waals surface area (Å²) in [5, 5.41) is 1.76. The van der Waals surface area contributed by atoms with Crippen LogP contribution in [0.1, 0.15) is 21.5 Å². The number of hydrogen-bond donors (Lipinski definition) is 3. The van der Waals surface area contributed by atoms with Gasteiger partial charge in [-0.1, -0.05) is 0 Å². The summed E-state index contributed by atoms with van der Waals surface area (Å²) in [7, 11) is 0. The average Bonchev–Trinajstić information content (AvgIpc) is 2.49. The van der Waals surface area contributed by atoms with Crippen molar-refractivity contribution < 1.29 is 22.7 Å². The van der Waals surface area contributed by atoms with Crippen molar-refractivity contribution in [1.29, 1.82) is 0 Å². The van der Waals surface area contributed by atoms with Crippen molar-refractivity contribution in [2.75, 3.05) is 6.54 Å². The standard InChI is InChI=1S/C14H10F3N3O4/c15-14(16,17)5-18-10(21)6-1-2-9-7(3-6)4-8-11(22)19-13(23)20-12(8)24-9/h1-3H,4-5H2,(H,18,21)(H2,19,20,22,23). The number of nitrogens with one attached hydrogen (secondary N) is 3. The van der Waals surface area contributed by atoms with E-state index in [-0.39, 0.29) is 23.4 Å². The molecule has 1 aromatic carbocycles. The third kappa shape index (κ3) is 3.16. The highest BCUT2D eigenvalue weighted by molar-refractivity contribution is 5.94. The number of carbonyl (C=O) groups is 1. The van der Waals surface area contributed by atoms with Gasteiger partial charge in [-0.05, 0) is 18.2 Å². The molecule has 0 saturated carbocycles. The zero-order chi connectivity index (χ0) is 17.5. The molecule has 1 amide bonds. The Morgan fingerprint density at radius 3 is 2.71 bits per heavy atom. The van der Waals surface area contributed by atoms with Crippen molar-refractivity contribution in [3.8, 4) is 11.6 Å². The van der Waals surface area contributed by atoms with Gasteiger partial charge in [0, 0.05) is 17.5 Å². The van der Waals surface area contributed by atoms with Gasteiger partial charge in [-0.15, -0.1) is 0 Å². The SMILES string of the molecule is O=C(NCC(F)(F)F)c1ccc2c(c1)Cc1c([nH]c(=O)[nH]c1=O)O2. The number of amides is 1. The van der Waals surface area contributed by atoms with Crippen molar-refractivity contribution in [1.82, 2.24) is 15.3 Å². The molecule has 0 radical (unpaired) electrons. The van der Waals surface area contributed by atoms with Gasteiger partial charge in [0.1, 0.15) is 12.3 Å². The van der Waals surface area contributed by atoms with Crippen LogP contribution < -0.4 is 21.3 Å². The average molecular weight is 341 g/mol. The number of fused-ring (bicyclic) bond motifs is 2. The second-order valence-corrected chi connectivity index (χ2v) is 5.12. The van der Waals surface area contributed by atoms with Crippen molar-refractivity contribution >= 4 is 5.91 Å². The van der Waals surface area contributed by atoms with E-state index in [1.165, 1.54) is 18.2 Å². The van der Waals surface area contributed by atoms with Gasteiger partial charge in [0.2, 0.25) is 5.88 Å². The zero-order valence-corrected chi connectivity index (χ0v) is 11.9. The van der Waals surface area contributed by atoms with E-state index in [2.05, 4.69) is 9.97 Å². The van der Waals surface area contributed by atoms with E-state index in [4.69, 9.17) is 4.74 Å². The Bertz CT molecular complexity index is 930. The second kappa shape index (κ2) is 5.55. The molecular formula is C14H10F3N3O4. The predicted octanol–water partition coefficient (Wildman–Crippen LogP) is 1.05. The molecule has 1 aromatic heterocycles. The zero-order valence-electron chi connectivity index (χ0n) is 11.9. The lowest BCUT2D eigenvalue weighted by molar-refractivity contribution is -0.123. The van der Waals surface area contributed by atoms with Gasteiger partial charge in [-0.25, -0.2) is 4.79 Å². The van der Waals surface area contributed by atoms with Crippen LogP contribution in [0.3, 0.4) is 0 Å². The second-order valence-electron chi connectivity index (χ2n) is 5.12. The topological polar surface area (TPSA) is 104 Å². The van der Waals surface area contributed by atoms with E-state index in [9.17, 15) is 27.6 Å². The van der Waals surface area contributed by atoms with Crippen LogP contribution in [0.25, 0.3) is 0 Å². The van der Waals surface area contributed by atoms with Crippen LogP contribution in [0.5, 0.6) is 11.6 Å². The van der Waals surface area contributed by atoms with Gasteiger partial charge in [0.25, 0.3) is 11.5 Å². The summed E-state index contributed by atoms with van der Waals surface area (Å²) in [5.41, 5.74) is -0.739. The summed E-state index contributed by atoms with van der Waals surface area (Å²) >= 11 is 0. The maximum atomic E-state index is 12.1. The molecule has 1 aliphatic rings. The molecule has 126 valence electrons. The molecule has 0 bridgehead atoms. The highest BCUT2D eigenvalue weighted by Gasteiger charge is 2.28. The number of H-pyrrole nitrogens is 2. The Hall–Kier alpha value is -3.04. The van der Waals surface area contributed by atoms with Crippen molar-refractivity contribution in [2.24, 2.45) is 0 Å². The molecule has 3 N–H and O–H groups in total. The quantitative estimate of drug-likeness (QED) is 0.648. The Labute approximate surface area is 131 Å². The first-order valence-electron chi connectivity index (χ1n) is 6.74. The molecule has 7 nitrogen and oxygen atoms in total. The van der Waals surface area contributed by atoms with Gasteiger partial charge in [0.15, 0.2) is 0 Å². The third-order valence-corrected chi connectivity index (χ3v) is 3.35. The number of aromatic amines is 2. The van der Waals surface area contributed by atoms with Gasteiger partial charge in [-0.2, -0.15) is 13.2 Å². The van der Waals surface area contributed by atoms with Crippen LogP contribution >= 0.6 is 0 Å². The van der Waals surface area contributed by atoms with Crippen LogP contribution in [0.2, 0.25) is 0 Å². The number of alkyl halides is 3. The Balaban J connectivity index is 1.87. The molecule has 10 heteroatoms. The van der Waals surface area contributed by atoms with Crippen molar-refractivity contribution in [3.63, 3.8) is 0 Å². The number of ether oxygens (including phenoxy) is 1. The number of rotatable bonds is 2. The molecule has 1 aliphatic heterocycles. The van der Waals surface area contributed by atoms with Crippen LogP contribution in [0.15, 0.2) is 27.8 Å². The highest BCUT2D eigenvalue weighted by Crippen LogP contribution is 2.33. The summed E-state index contributed by atoms with van der Waals surface area (Å²) in [4.78, 5) is 39.2. The molecule has 2 heterocycles. The van der Waals surface area contributed by atoms with E-state index in [0.717, 1.165) is 0 Å². The smallest absolute Gasteiger partial charge is 0.405 e. The normalized spacial score (nSPS) is 12.8. The van der Waals surface area contributed by atoms with Crippen LogP contribution in [0, 0.1) is 0 Å². The first-order chi connectivity index (χ1) is 11.2. The lowest BCUT2D eigenvalue weighted by Gasteiger charge is -2.19. The molecule has 2 aromatic rings. The number of benzene rings is 1. The number of hydrogen-bond acceptors (Lipinski definition) is 4. The Morgan fingerprint density at radius 2 is 2.00 bits per heavy atom. The molecule has 0 spiro atoms. The van der Waals surface area contributed by atoms with Gasteiger partial charge in [0.05, 0.1) is 5.56 Å². The Morgan fingerprint density at radius 1 is 1.25 bits per heavy atom. The predicted molar refractivity (Wildman–Crippen MR) is 75.4 cm³/mol. The van der Waals surface area contributed by atoms with E-state index < -0.39 is 29.9 Å². The first-order valence-corrected chi connectivity index (χ1v) is 6.74. The molecule has 0 unspecified atom stereocenters. The van der Waals surface area contributed by atoms with Crippen LogP contribution in [-0.2, 0) is 6.42 Å². The van der Waals surface area contributed by atoms with E-state index in [0.29, 0.717) is 11.3 Å². The summed E-state index contributed by atoms with van der Waals surface area (Å²) < 4.78 is 41.8. The minimum absolute atomic E-state index is 0.00511. The molecule has 24 heavy (non-hydrogen) atoms. The highest BCUT2D eigenvalue weighted by atomic mass is 19.4. The fourth-order valence-electron chi connectivity index (χ4n) is 2.28. The van der Waals surface area contributed by atoms with Crippen LogP contribution in [0.4, 0.5) is 13.2 Å². The van der Waals surface area contributed by atoms with Gasteiger partial charge < -0.3 is 10.1 Å². The first kappa shape index (κ1) is 15.8. The molecular weight excluding hydrogens is 331 g/mol. The van der Waals surface area contributed by atoms with E-state index in [1.807, 2.05) is 0 Å². The van der Waals surface area contributed by atoms with E-state index in [1.54, 1.807) is 5.32 Å². The minimum atomic E-state index is -4.51. The molecule has 0 atom stereocenters. The maximum absolute atomic E-state index is 12.1. The summed E-state index contributed by atoms with van der Waals surface area (Å²) in [6, 6.07) is 4.02. The Kier molecular flexibility index (Phi) is 3.66. The molecule has 0 fully saturated rings. The summed E-state index contributed by atoms with van der Waals surface area (Å²) in [6.07, 6.45) is -4.44.